The molecule has 0 aromatic carbocycles. The second-order valence-electron chi connectivity index (χ2n) is 5.87. The molecule has 0 aromatic rings. The molecule has 1 amide bonds. The zero-order valence-corrected chi connectivity index (χ0v) is 10.9. The Hall–Kier alpha value is -1.46. The third-order valence-corrected chi connectivity index (χ3v) is 3.15. The molecule has 2 aliphatic heterocycles. The van der Waals surface area contributed by atoms with Gasteiger partial charge in [0.15, 0.2) is 0 Å². The maximum absolute atomic E-state index is 12.1. The monoisotopic (exact) mass is 254 g/mol. The molecule has 0 N–H and O–H groups in total. The van der Waals surface area contributed by atoms with Crippen molar-refractivity contribution in [1.82, 2.24) is 4.90 Å². The summed E-state index contributed by atoms with van der Waals surface area (Å²) in [6.07, 6.45) is 0.289. The van der Waals surface area contributed by atoms with Crippen molar-refractivity contribution in [2.75, 3.05) is 19.8 Å². The Kier molecular flexibility index (Phi) is 3.12. The highest BCUT2D eigenvalue weighted by molar-refractivity contribution is 5.70. The van der Waals surface area contributed by atoms with Crippen molar-refractivity contribution in [3.8, 4) is 0 Å². The zero-order valence-electron chi connectivity index (χ0n) is 10.9. The van der Waals surface area contributed by atoms with Gasteiger partial charge >= 0.3 is 6.09 Å². The molecule has 7 heteroatoms. The fourth-order valence-corrected chi connectivity index (χ4v) is 2.36. The van der Waals surface area contributed by atoms with Crippen LogP contribution in [0.3, 0.4) is 0 Å². The lowest BCUT2D eigenvalue weighted by molar-refractivity contribution is -0.120. The van der Waals surface area contributed by atoms with Crippen LogP contribution in [0, 0.1) is 0 Å². The molecule has 2 rings (SSSR count). The Bertz CT molecular complexity index is 394. The second kappa shape index (κ2) is 4.33. The quantitative estimate of drug-likeness (QED) is 0.407. The van der Waals surface area contributed by atoms with Crippen molar-refractivity contribution < 1.29 is 14.3 Å². The highest BCUT2D eigenvalue weighted by Crippen LogP contribution is 2.38. The first-order valence-electron chi connectivity index (χ1n) is 5.99. The van der Waals surface area contributed by atoms with Gasteiger partial charge in [0.25, 0.3) is 0 Å². The van der Waals surface area contributed by atoms with Crippen molar-refractivity contribution >= 4 is 6.09 Å². The largest absolute Gasteiger partial charge is 0.444 e. The molecule has 7 nitrogen and oxygen atoms in total. The van der Waals surface area contributed by atoms with E-state index in [0.29, 0.717) is 26.2 Å². The summed E-state index contributed by atoms with van der Waals surface area (Å²) in [6.45, 7) is 6.87. The number of carbonyl (C=O) groups is 1. The maximum atomic E-state index is 12.1. The summed E-state index contributed by atoms with van der Waals surface area (Å²) in [5.74, 6) is 0. The molecule has 2 fully saturated rings. The third-order valence-electron chi connectivity index (χ3n) is 3.15. The van der Waals surface area contributed by atoms with Gasteiger partial charge in [-0.2, -0.15) is 0 Å². The van der Waals surface area contributed by atoms with Gasteiger partial charge in [-0.3, -0.25) is 4.90 Å². The van der Waals surface area contributed by atoms with Gasteiger partial charge in [-0.25, -0.2) is 4.79 Å². The molecule has 0 radical (unpaired) electrons. The van der Waals surface area contributed by atoms with E-state index < -0.39 is 5.60 Å². The molecule has 0 saturated carbocycles. The van der Waals surface area contributed by atoms with E-state index >= 15 is 0 Å². The summed E-state index contributed by atoms with van der Waals surface area (Å²) < 4.78 is 10.6. The molecule has 1 atom stereocenters. The second-order valence-corrected chi connectivity index (χ2v) is 5.87. The standard InChI is InChI=1S/C11H18N4O3/c1-10(2,3)18-9(16)15-5-8(13-14-12)4-11(15)6-17-7-11/h8H,4-7H2,1-3H3. The number of nitrogens with zero attached hydrogens (tertiary/aromatic N) is 4. The van der Waals surface area contributed by atoms with Crippen LogP contribution >= 0.6 is 0 Å². The van der Waals surface area contributed by atoms with Crippen LogP contribution in [0.15, 0.2) is 5.11 Å². The highest BCUT2D eigenvalue weighted by Gasteiger charge is 2.53. The normalized spacial score (nSPS) is 25.5. The molecule has 1 unspecified atom stereocenters. The first kappa shape index (κ1) is 13.0. The lowest BCUT2D eigenvalue weighted by atomic mass is 9.93. The number of ether oxygens (including phenoxy) is 2. The summed E-state index contributed by atoms with van der Waals surface area (Å²) in [5, 5.41) is 3.71. The lowest BCUT2D eigenvalue weighted by Crippen LogP contribution is -2.61. The van der Waals surface area contributed by atoms with Crippen LogP contribution in [0.1, 0.15) is 27.2 Å². The van der Waals surface area contributed by atoms with Crippen molar-refractivity contribution in [3.05, 3.63) is 10.4 Å². The minimum absolute atomic E-state index is 0.189. The molecule has 0 aromatic heterocycles. The van der Waals surface area contributed by atoms with Crippen molar-refractivity contribution in [1.29, 1.82) is 0 Å². The third kappa shape index (κ3) is 2.37. The summed E-state index contributed by atoms with van der Waals surface area (Å²) in [7, 11) is 0. The van der Waals surface area contributed by atoms with Crippen LogP contribution in [0.4, 0.5) is 4.79 Å². The minimum atomic E-state index is -0.528. The van der Waals surface area contributed by atoms with Crippen molar-refractivity contribution in [2.45, 2.75) is 44.4 Å². The summed E-state index contributed by atoms with van der Waals surface area (Å²) in [6, 6.07) is -0.189. The van der Waals surface area contributed by atoms with Gasteiger partial charge in [0.2, 0.25) is 0 Å². The fraction of sp³-hybridized carbons (Fsp3) is 0.909. The van der Waals surface area contributed by atoms with Crippen LogP contribution in [0.5, 0.6) is 0 Å². The van der Waals surface area contributed by atoms with Gasteiger partial charge in [-0.15, -0.1) is 0 Å². The molecule has 0 aliphatic carbocycles. The Morgan fingerprint density at radius 1 is 1.56 bits per heavy atom. The van der Waals surface area contributed by atoms with Gasteiger partial charge in [0.1, 0.15) is 5.60 Å². The van der Waals surface area contributed by atoms with E-state index in [1.54, 1.807) is 4.90 Å². The molecule has 0 bridgehead atoms. The van der Waals surface area contributed by atoms with Gasteiger partial charge in [0, 0.05) is 11.5 Å². The average molecular weight is 254 g/mol. The summed E-state index contributed by atoms with van der Waals surface area (Å²) in [4.78, 5) is 16.6. The van der Waals surface area contributed by atoms with E-state index in [1.165, 1.54) is 0 Å². The minimum Gasteiger partial charge on any atom is -0.444 e. The van der Waals surface area contributed by atoms with Gasteiger partial charge < -0.3 is 9.47 Å². The number of hydrogen-bond acceptors (Lipinski definition) is 4. The molecular formula is C11H18N4O3. The summed E-state index contributed by atoms with van der Waals surface area (Å²) >= 11 is 0. The van der Waals surface area contributed by atoms with Crippen LogP contribution in [-0.2, 0) is 9.47 Å². The van der Waals surface area contributed by atoms with E-state index in [4.69, 9.17) is 15.0 Å². The SMILES string of the molecule is CC(C)(C)OC(=O)N1CC(N=[N+]=[N-])CC12COC2. The molecule has 18 heavy (non-hydrogen) atoms. The first-order chi connectivity index (χ1) is 8.36. The van der Waals surface area contributed by atoms with E-state index in [2.05, 4.69) is 10.0 Å². The molecule has 2 aliphatic rings. The van der Waals surface area contributed by atoms with Crippen LogP contribution in [-0.4, -0.2) is 47.9 Å². The lowest BCUT2D eigenvalue weighted by Gasteiger charge is -2.44. The molecule has 1 spiro atoms. The predicted octanol–water partition coefficient (Wildman–Crippen LogP) is 2.08. The number of azide groups is 1. The number of rotatable bonds is 1. The average Bonchev–Trinajstić information content (AvgIpc) is 2.55. The van der Waals surface area contributed by atoms with Crippen molar-refractivity contribution in [2.24, 2.45) is 5.11 Å². The smallest absolute Gasteiger partial charge is 0.410 e. The van der Waals surface area contributed by atoms with Gasteiger partial charge in [0.05, 0.1) is 24.8 Å². The highest BCUT2D eigenvalue weighted by atomic mass is 16.6. The van der Waals surface area contributed by atoms with Crippen molar-refractivity contribution in [3.63, 3.8) is 0 Å². The van der Waals surface area contributed by atoms with Crippen LogP contribution < -0.4 is 0 Å². The van der Waals surface area contributed by atoms with E-state index in [9.17, 15) is 4.79 Å². The number of hydrogen-bond donors (Lipinski definition) is 0. The van der Waals surface area contributed by atoms with Crippen LogP contribution in [0.25, 0.3) is 10.4 Å². The topological polar surface area (TPSA) is 87.5 Å². The number of amides is 1. The molecular weight excluding hydrogens is 236 g/mol. The first-order valence-corrected chi connectivity index (χ1v) is 5.99. The molecule has 2 saturated heterocycles. The number of likely N-dealkylation sites (tertiary alicyclic amines) is 1. The fourth-order valence-electron chi connectivity index (χ4n) is 2.36. The predicted molar refractivity (Wildman–Crippen MR) is 64.0 cm³/mol. The van der Waals surface area contributed by atoms with Gasteiger partial charge in [-0.05, 0) is 32.7 Å². The van der Waals surface area contributed by atoms with E-state index in [-0.39, 0.29) is 17.7 Å². The molecule has 100 valence electrons. The maximum Gasteiger partial charge on any atom is 0.410 e. The van der Waals surface area contributed by atoms with Crippen LogP contribution in [0.2, 0.25) is 0 Å². The Morgan fingerprint density at radius 2 is 2.22 bits per heavy atom. The van der Waals surface area contributed by atoms with Gasteiger partial charge in [-0.1, -0.05) is 5.11 Å². The Labute approximate surface area is 106 Å². The Balaban J connectivity index is 2.10. The number of carbonyl (C=O) groups excluding carboxylic acids is 1. The molecule has 2 heterocycles. The Morgan fingerprint density at radius 3 is 2.67 bits per heavy atom. The summed E-state index contributed by atoms with van der Waals surface area (Å²) in [5.41, 5.74) is 7.63. The zero-order chi connectivity index (χ0) is 13.4. The van der Waals surface area contributed by atoms with E-state index in [1.807, 2.05) is 20.8 Å². The van der Waals surface area contributed by atoms with E-state index in [0.717, 1.165) is 0 Å².